The Morgan fingerprint density at radius 2 is 2.04 bits per heavy atom. The van der Waals surface area contributed by atoms with Crippen molar-refractivity contribution in [1.29, 1.82) is 0 Å². The summed E-state index contributed by atoms with van der Waals surface area (Å²) in [6.45, 7) is 4.10. The van der Waals surface area contributed by atoms with Gasteiger partial charge in [-0.15, -0.1) is 0 Å². The van der Waals surface area contributed by atoms with E-state index in [0.29, 0.717) is 36.2 Å². The van der Waals surface area contributed by atoms with E-state index in [1.54, 1.807) is 6.92 Å². The monoisotopic (exact) mass is 387 g/mol. The van der Waals surface area contributed by atoms with Crippen LogP contribution in [0, 0.1) is 24.5 Å². The fourth-order valence-electron chi connectivity index (χ4n) is 3.99. The van der Waals surface area contributed by atoms with Gasteiger partial charge in [-0.2, -0.15) is 9.50 Å². The number of fused-ring (bicyclic) bond motifs is 1. The third-order valence-electron chi connectivity index (χ3n) is 5.35. The van der Waals surface area contributed by atoms with Crippen LogP contribution in [0.3, 0.4) is 0 Å². The molecule has 3 aromatic rings. The van der Waals surface area contributed by atoms with Gasteiger partial charge < -0.3 is 0 Å². The Balaban J connectivity index is 1.41. The van der Waals surface area contributed by atoms with Gasteiger partial charge in [-0.25, -0.2) is 13.8 Å². The van der Waals surface area contributed by atoms with E-state index in [4.69, 9.17) is 0 Å². The van der Waals surface area contributed by atoms with E-state index in [1.165, 1.54) is 28.8 Å². The number of nitrogens with one attached hydrogen (secondary N) is 1. The van der Waals surface area contributed by atoms with Crippen LogP contribution in [-0.4, -0.2) is 37.6 Å². The average molecular weight is 387 g/mol. The third kappa shape index (κ3) is 3.96. The van der Waals surface area contributed by atoms with Gasteiger partial charge in [0.05, 0.1) is 5.69 Å². The van der Waals surface area contributed by atoms with Crippen LogP contribution in [0.2, 0.25) is 0 Å². The Bertz CT molecular complexity index is 1020. The summed E-state index contributed by atoms with van der Waals surface area (Å²) in [7, 11) is 0. The summed E-state index contributed by atoms with van der Waals surface area (Å²) in [5, 5.41) is 2.86. The van der Waals surface area contributed by atoms with Crippen LogP contribution in [0.1, 0.15) is 36.3 Å². The maximum atomic E-state index is 13.8. The highest BCUT2D eigenvalue weighted by atomic mass is 19.1. The predicted octanol–water partition coefficient (Wildman–Crippen LogP) is 2.85. The Hall–Kier alpha value is -2.61. The Labute approximate surface area is 161 Å². The van der Waals surface area contributed by atoms with Crippen molar-refractivity contribution in [2.24, 2.45) is 5.92 Å². The lowest BCUT2D eigenvalue weighted by Gasteiger charge is -2.32. The molecular formula is C20H23F2N5O. The Morgan fingerprint density at radius 1 is 1.25 bits per heavy atom. The van der Waals surface area contributed by atoms with Crippen molar-refractivity contribution in [2.75, 3.05) is 13.1 Å². The Kier molecular flexibility index (Phi) is 5.21. The number of aromatic nitrogens is 4. The minimum atomic E-state index is -0.472. The molecule has 0 aliphatic carbocycles. The first-order valence-electron chi connectivity index (χ1n) is 9.60. The zero-order valence-corrected chi connectivity index (χ0v) is 15.8. The van der Waals surface area contributed by atoms with Gasteiger partial charge in [-0.05, 0) is 57.2 Å². The van der Waals surface area contributed by atoms with E-state index >= 15 is 0 Å². The molecule has 0 saturated carbocycles. The third-order valence-corrected chi connectivity index (χ3v) is 5.35. The van der Waals surface area contributed by atoms with Crippen molar-refractivity contribution in [3.8, 4) is 0 Å². The van der Waals surface area contributed by atoms with Crippen molar-refractivity contribution >= 4 is 5.78 Å². The molecule has 8 heteroatoms. The molecule has 1 atom stereocenters. The van der Waals surface area contributed by atoms with Crippen molar-refractivity contribution in [2.45, 2.75) is 39.2 Å². The first-order valence-corrected chi connectivity index (χ1v) is 9.60. The van der Waals surface area contributed by atoms with E-state index < -0.39 is 11.6 Å². The van der Waals surface area contributed by atoms with Crippen LogP contribution in [0.15, 0.2) is 29.1 Å². The highest BCUT2D eigenvalue weighted by Gasteiger charge is 2.22. The number of rotatable bonds is 5. The number of nitrogens with zero attached hydrogens (tertiary/aromatic N) is 4. The summed E-state index contributed by atoms with van der Waals surface area (Å²) < 4.78 is 29.0. The number of H-pyrrole nitrogens is 1. The predicted molar refractivity (Wildman–Crippen MR) is 101 cm³/mol. The van der Waals surface area contributed by atoms with Crippen LogP contribution in [0.5, 0.6) is 0 Å². The van der Waals surface area contributed by atoms with Gasteiger partial charge in [0.2, 0.25) is 0 Å². The van der Waals surface area contributed by atoms with Gasteiger partial charge >= 0.3 is 0 Å². The number of aromatic amines is 1. The zero-order valence-electron chi connectivity index (χ0n) is 15.8. The van der Waals surface area contributed by atoms with Crippen LogP contribution in [-0.2, 0) is 13.0 Å². The van der Waals surface area contributed by atoms with Crippen LogP contribution in [0.4, 0.5) is 8.78 Å². The fraction of sp³-hybridized carbons (Fsp3) is 0.450. The van der Waals surface area contributed by atoms with E-state index in [-0.39, 0.29) is 11.1 Å². The number of halogens is 2. The number of aryl methyl sites for hydroxylation is 1. The lowest BCUT2D eigenvalue weighted by Crippen LogP contribution is -2.35. The highest BCUT2D eigenvalue weighted by Crippen LogP contribution is 2.24. The number of piperidine rings is 1. The molecule has 0 unspecified atom stereocenters. The second kappa shape index (κ2) is 7.79. The number of benzene rings is 1. The van der Waals surface area contributed by atoms with Crippen LogP contribution < -0.4 is 5.56 Å². The lowest BCUT2D eigenvalue weighted by molar-refractivity contribution is 0.160. The van der Waals surface area contributed by atoms with E-state index in [0.717, 1.165) is 32.4 Å². The molecule has 1 fully saturated rings. The summed E-state index contributed by atoms with van der Waals surface area (Å²) >= 11 is 0. The van der Waals surface area contributed by atoms with Crippen molar-refractivity contribution in [3.63, 3.8) is 0 Å². The topological polar surface area (TPSA) is 66.3 Å². The van der Waals surface area contributed by atoms with Crippen LogP contribution >= 0.6 is 0 Å². The molecule has 1 saturated heterocycles. The van der Waals surface area contributed by atoms with Gasteiger partial charge in [0.15, 0.2) is 0 Å². The summed E-state index contributed by atoms with van der Waals surface area (Å²) in [4.78, 5) is 23.2. The summed E-state index contributed by atoms with van der Waals surface area (Å²) in [5.74, 6) is 0.439. The maximum absolute atomic E-state index is 13.8. The van der Waals surface area contributed by atoms with E-state index in [2.05, 4.69) is 20.0 Å². The minimum Gasteiger partial charge on any atom is -0.297 e. The Morgan fingerprint density at radius 3 is 2.82 bits per heavy atom. The first-order chi connectivity index (χ1) is 13.5. The van der Waals surface area contributed by atoms with E-state index in [9.17, 15) is 13.6 Å². The zero-order chi connectivity index (χ0) is 19.7. The normalized spacial score (nSPS) is 18.0. The van der Waals surface area contributed by atoms with Crippen molar-refractivity contribution < 1.29 is 8.78 Å². The first kappa shape index (κ1) is 18.7. The number of hydrogen-bond donors (Lipinski definition) is 1. The molecule has 148 valence electrons. The summed E-state index contributed by atoms with van der Waals surface area (Å²) in [6, 6.07) is 5.54. The molecular weight excluding hydrogens is 364 g/mol. The molecule has 28 heavy (non-hydrogen) atoms. The quantitative estimate of drug-likeness (QED) is 0.731. The largest absolute Gasteiger partial charge is 0.297 e. The minimum absolute atomic E-state index is 0.175. The fourth-order valence-corrected chi connectivity index (χ4v) is 3.99. The standard InChI is InChI=1S/C20H23F2N5O/c1-13-23-20-24-15(10-19(28)27(20)25-13)12-26-9-3-4-14(11-26)7-8-16-17(21)5-2-6-18(16)22/h2,5-6,10,14H,3-4,7-9,11-12H2,1H3,(H,23,24,25)/t14-/m1/s1. The van der Waals surface area contributed by atoms with Gasteiger partial charge in [-0.3, -0.25) is 14.8 Å². The van der Waals surface area contributed by atoms with Crippen LogP contribution in [0.25, 0.3) is 5.78 Å². The SMILES string of the molecule is Cc1nc2nc(CN3CCC[C@H](CCc4c(F)cccc4F)C3)cc(=O)n2[nH]1. The summed E-state index contributed by atoms with van der Waals surface area (Å²) in [5.41, 5.74) is 0.690. The maximum Gasteiger partial charge on any atom is 0.274 e. The van der Waals surface area contributed by atoms with Gasteiger partial charge in [0.25, 0.3) is 11.3 Å². The van der Waals surface area contributed by atoms with E-state index in [1.807, 2.05) is 0 Å². The molecule has 4 rings (SSSR count). The molecule has 0 spiro atoms. The second-order valence-electron chi connectivity index (χ2n) is 7.51. The van der Waals surface area contributed by atoms with Crippen molar-refractivity contribution in [1.82, 2.24) is 24.5 Å². The molecule has 1 aliphatic rings. The molecule has 0 amide bonds. The van der Waals surface area contributed by atoms with Gasteiger partial charge in [0, 0.05) is 24.7 Å². The van der Waals surface area contributed by atoms with Crippen molar-refractivity contribution in [3.05, 3.63) is 63.3 Å². The van der Waals surface area contributed by atoms with Gasteiger partial charge in [-0.1, -0.05) is 6.07 Å². The molecule has 0 bridgehead atoms. The lowest BCUT2D eigenvalue weighted by atomic mass is 9.91. The smallest absolute Gasteiger partial charge is 0.274 e. The molecule has 1 aliphatic heterocycles. The molecule has 0 radical (unpaired) electrons. The molecule has 1 aromatic carbocycles. The van der Waals surface area contributed by atoms with Gasteiger partial charge in [0.1, 0.15) is 17.5 Å². The summed E-state index contributed by atoms with van der Waals surface area (Å²) in [6.07, 6.45) is 3.20. The highest BCUT2D eigenvalue weighted by molar-refractivity contribution is 5.27. The molecule has 6 nitrogen and oxygen atoms in total. The number of likely N-dealkylation sites (tertiary alicyclic amines) is 1. The molecule has 3 heterocycles. The molecule has 1 N–H and O–H groups in total. The number of hydrogen-bond acceptors (Lipinski definition) is 4. The average Bonchev–Trinajstić information content (AvgIpc) is 3.02. The second-order valence-corrected chi connectivity index (χ2v) is 7.51. The molecule has 2 aromatic heterocycles.